The van der Waals surface area contributed by atoms with Crippen molar-refractivity contribution in [2.45, 2.75) is 124 Å². The standard InChI is InChI=1S/C21H43NO3/c1-15(2)23-18-14-22(20(5,6)7)13-11-12-17(25-21(8,9)10)19(18)24-16(3)4/h15-19H,11-14H2,1-10H3. The highest BCUT2D eigenvalue weighted by molar-refractivity contribution is 4.90. The number of rotatable bonds is 5. The van der Waals surface area contributed by atoms with Crippen molar-refractivity contribution in [1.82, 2.24) is 4.90 Å². The van der Waals surface area contributed by atoms with Crippen molar-refractivity contribution < 1.29 is 14.2 Å². The van der Waals surface area contributed by atoms with Crippen LogP contribution in [0.3, 0.4) is 0 Å². The Hall–Kier alpha value is -0.160. The van der Waals surface area contributed by atoms with E-state index in [1.165, 1.54) is 0 Å². The SMILES string of the molecule is CC(C)OC1CN(C(C)(C)C)CCCC(OC(C)(C)C)C1OC(C)C. The van der Waals surface area contributed by atoms with Crippen molar-refractivity contribution in [3.8, 4) is 0 Å². The maximum atomic E-state index is 6.44. The highest BCUT2D eigenvalue weighted by atomic mass is 16.6. The molecule has 1 rings (SSSR count). The van der Waals surface area contributed by atoms with Gasteiger partial charge < -0.3 is 14.2 Å². The Balaban J connectivity index is 3.12. The fraction of sp³-hybridized carbons (Fsp3) is 1.00. The molecule has 0 aromatic rings. The van der Waals surface area contributed by atoms with E-state index in [1.807, 2.05) is 0 Å². The van der Waals surface area contributed by atoms with Crippen molar-refractivity contribution >= 4 is 0 Å². The first-order valence-corrected chi connectivity index (χ1v) is 10.0. The zero-order valence-corrected chi connectivity index (χ0v) is 18.4. The lowest BCUT2D eigenvalue weighted by Crippen LogP contribution is -2.56. The Labute approximate surface area is 156 Å². The molecule has 3 atom stereocenters. The topological polar surface area (TPSA) is 30.9 Å². The van der Waals surface area contributed by atoms with Gasteiger partial charge in [0.2, 0.25) is 0 Å². The minimum absolute atomic E-state index is 0.00859. The van der Waals surface area contributed by atoms with Crippen LogP contribution >= 0.6 is 0 Å². The highest BCUT2D eigenvalue weighted by Gasteiger charge is 2.39. The molecular weight excluding hydrogens is 314 g/mol. The molecule has 25 heavy (non-hydrogen) atoms. The molecule has 1 aliphatic rings. The molecule has 0 aromatic heterocycles. The second-order valence-electron chi connectivity index (χ2n) is 9.90. The Morgan fingerprint density at radius 3 is 1.84 bits per heavy atom. The molecule has 4 nitrogen and oxygen atoms in total. The van der Waals surface area contributed by atoms with Gasteiger partial charge in [-0.05, 0) is 88.6 Å². The predicted octanol–water partition coefficient (Wildman–Crippen LogP) is 4.65. The lowest BCUT2D eigenvalue weighted by atomic mass is 9.95. The van der Waals surface area contributed by atoms with E-state index in [0.29, 0.717) is 0 Å². The highest BCUT2D eigenvalue weighted by Crippen LogP contribution is 2.28. The van der Waals surface area contributed by atoms with Crippen LogP contribution in [0.5, 0.6) is 0 Å². The van der Waals surface area contributed by atoms with Gasteiger partial charge in [-0.25, -0.2) is 0 Å². The Kier molecular flexibility index (Phi) is 8.39. The van der Waals surface area contributed by atoms with Crippen LogP contribution in [0.15, 0.2) is 0 Å². The molecule has 0 N–H and O–H groups in total. The van der Waals surface area contributed by atoms with E-state index >= 15 is 0 Å². The largest absolute Gasteiger partial charge is 0.371 e. The number of likely N-dealkylation sites (tertiary alicyclic amines) is 1. The lowest BCUT2D eigenvalue weighted by Gasteiger charge is -2.45. The van der Waals surface area contributed by atoms with Gasteiger partial charge in [-0.1, -0.05) is 0 Å². The molecule has 150 valence electrons. The van der Waals surface area contributed by atoms with Gasteiger partial charge in [-0.2, -0.15) is 0 Å². The van der Waals surface area contributed by atoms with Crippen LogP contribution in [0.25, 0.3) is 0 Å². The van der Waals surface area contributed by atoms with Crippen LogP contribution in [0.1, 0.15) is 82.1 Å². The van der Waals surface area contributed by atoms with Crippen molar-refractivity contribution in [2.75, 3.05) is 13.1 Å². The summed E-state index contributed by atoms with van der Waals surface area (Å²) in [4.78, 5) is 2.53. The Morgan fingerprint density at radius 1 is 0.840 bits per heavy atom. The number of nitrogens with zero attached hydrogens (tertiary/aromatic N) is 1. The summed E-state index contributed by atoms with van der Waals surface area (Å²) < 4.78 is 19.2. The van der Waals surface area contributed by atoms with Crippen molar-refractivity contribution in [3.05, 3.63) is 0 Å². The molecule has 0 spiro atoms. The second-order valence-corrected chi connectivity index (χ2v) is 9.90. The van der Waals surface area contributed by atoms with Crippen LogP contribution in [0, 0.1) is 0 Å². The molecule has 1 aliphatic heterocycles. The van der Waals surface area contributed by atoms with Crippen molar-refractivity contribution in [3.63, 3.8) is 0 Å². The van der Waals surface area contributed by atoms with Crippen molar-refractivity contribution in [2.24, 2.45) is 0 Å². The number of hydrogen-bond acceptors (Lipinski definition) is 4. The summed E-state index contributed by atoms with van der Waals surface area (Å²) in [6.07, 6.45) is 2.45. The summed E-state index contributed by atoms with van der Waals surface area (Å²) >= 11 is 0. The van der Waals surface area contributed by atoms with E-state index in [0.717, 1.165) is 25.9 Å². The van der Waals surface area contributed by atoms with Gasteiger partial charge in [-0.3, -0.25) is 4.90 Å². The molecule has 4 heteroatoms. The molecule has 0 saturated carbocycles. The average molecular weight is 358 g/mol. The van der Waals surface area contributed by atoms with E-state index in [2.05, 4.69) is 74.1 Å². The summed E-state index contributed by atoms with van der Waals surface area (Å²) in [6.45, 7) is 23.6. The first-order chi connectivity index (χ1) is 11.3. The molecule has 1 fully saturated rings. The smallest absolute Gasteiger partial charge is 0.111 e. The summed E-state index contributed by atoms with van der Waals surface area (Å²) in [6, 6.07) is 0. The third-order valence-corrected chi connectivity index (χ3v) is 4.38. The maximum absolute atomic E-state index is 6.44. The lowest BCUT2D eigenvalue weighted by molar-refractivity contribution is -0.200. The Bertz CT molecular complexity index is 382. The van der Waals surface area contributed by atoms with Crippen LogP contribution in [-0.4, -0.2) is 59.6 Å². The van der Waals surface area contributed by atoms with Crippen LogP contribution in [-0.2, 0) is 14.2 Å². The summed E-state index contributed by atoms with van der Waals surface area (Å²) in [5, 5.41) is 0. The van der Waals surface area contributed by atoms with E-state index in [-0.39, 0.29) is 41.7 Å². The molecule has 0 aromatic carbocycles. The van der Waals surface area contributed by atoms with Crippen LogP contribution in [0.2, 0.25) is 0 Å². The normalized spacial score (nSPS) is 27.6. The molecule has 0 bridgehead atoms. The number of ether oxygens (including phenoxy) is 3. The zero-order valence-electron chi connectivity index (χ0n) is 18.4. The van der Waals surface area contributed by atoms with Gasteiger partial charge in [-0.15, -0.1) is 0 Å². The Morgan fingerprint density at radius 2 is 1.40 bits per heavy atom. The van der Waals surface area contributed by atoms with Gasteiger partial charge in [0.1, 0.15) is 6.10 Å². The van der Waals surface area contributed by atoms with Gasteiger partial charge in [0.05, 0.1) is 30.0 Å². The second kappa shape index (κ2) is 9.16. The van der Waals surface area contributed by atoms with Gasteiger partial charge in [0, 0.05) is 12.1 Å². The predicted molar refractivity (Wildman–Crippen MR) is 105 cm³/mol. The molecule has 1 saturated heterocycles. The minimum atomic E-state index is -0.186. The van der Waals surface area contributed by atoms with Gasteiger partial charge in [0.25, 0.3) is 0 Å². The van der Waals surface area contributed by atoms with Crippen molar-refractivity contribution in [1.29, 1.82) is 0 Å². The fourth-order valence-electron chi connectivity index (χ4n) is 3.45. The molecule has 0 amide bonds. The first-order valence-electron chi connectivity index (χ1n) is 10.0. The average Bonchev–Trinajstić information content (AvgIpc) is 2.36. The van der Waals surface area contributed by atoms with Gasteiger partial charge >= 0.3 is 0 Å². The summed E-state index contributed by atoms with van der Waals surface area (Å²) in [5.74, 6) is 0. The van der Waals surface area contributed by atoms with E-state index in [9.17, 15) is 0 Å². The molecule has 0 aliphatic carbocycles. The molecule has 0 radical (unpaired) electrons. The van der Waals surface area contributed by atoms with E-state index in [1.54, 1.807) is 0 Å². The molecular formula is C21H43NO3. The number of hydrogen-bond donors (Lipinski definition) is 0. The summed E-state index contributed by atoms with van der Waals surface area (Å²) in [5.41, 5.74) is -0.0623. The molecule has 3 unspecified atom stereocenters. The van der Waals surface area contributed by atoms with E-state index < -0.39 is 0 Å². The monoisotopic (exact) mass is 357 g/mol. The van der Waals surface area contributed by atoms with Crippen LogP contribution in [0.4, 0.5) is 0 Å². The quantitative estimate of drug-likeness (QED) is 0.716. The van der Waals surface area contributed by atoms with Gasteiger partial charge in [0.15, 0.2) is 0 Å². The maximum Gasteiger partial charge on any atom is 0.111 e. The van der Waals surface area contributed by atoms with Crippen LogP contribution < -0.4 is 0 Å². The third-order valence-electron chi connectivity index (χ3n) is 4.38. The minimum Gasteiger partial charge on any atom is -0.371 e. The third kappa shape index (κ3) is 8.38. The van der Waals surface area contributed by atoms with E-state index in [4.69, 9.17) is 14.2 Å². The first kappa shape index (κ1) is 22.9. The zero-order chi connectivity index (χ0) is 19.4. The molecule has 1 heterocycles. The summed E-state index contributed by atoms with van der Waals surface area (Å²) in [7, 11) is 0. The fourth-order valence-corrected chi connectivity index (χ4v) is 3.45.